The number of non-ortho nitro benzene ring substituents is 1. The van der Waals surface area contributed by atoms with Gasteiger partial charge in [-0.05, 0) is 30.7 Å². The maximum absolute atomic E-state index is 13.3. The molecule has 0 aliphatic rings. The standard InChI is InChI=1S/C25H25N3O5/c1-3-14-26(25(30)21-10-7-11-22(15-21)28(31)32)18-24(29)27(16-20-8-5-4-6-9-20)17-23-13-12-19(2)33-23/h3-13,15H,1,14,16-18H2,2H3. The predicted octanol–water partition coefficient (Wildman–Crippen LogP) is 4.35. The highest BCUT2D eigenvalue weighted by atomic mass is 16.6. The van der Waals surface area contributed by atoms with Crippen LogP contribution in [0, 0.1) is 17.0 Å². The number of nitro groups is 1. The van der Waals surface area contributed by atoms with Crippen molar-refractivity contribution in [3.8, 4) is 0 Å². The van der Waals surface area contributed by atoms with Crippen molar-refractivity contribution >= 4 is 17.5 Å². The molecule has 2 aromatic carbocycles. The molecule has 0 aliphatic carbocycles. The fraction of sp³-hybridized carbons (Fsp3) is 0.200. The van der Waals surface area contributed by atoms with E-state index in [0.29, 0.717) is 12.3 Å². The first kappa shape index (κ1) is 23.5. The second-order valence-corrected chi connectivity index (χ2v) is 7.53. The van der Waals surface area contributed by atoms with Gasteiger partial charge in [-0.1, -0.05) is 42.5 Å². The smallest absolute Gasteiger partial charge is 0.270 e. The topological polar surface area (TPSA) is 96.9 Å². The number of hydrogen-bond donors (Lipinski definition) is 0. The number of aryl methyl sites for hydroxylation is 1. The molecule has 1 aromatic heterocycles. The summed E-state index contributed by atoms with van der Waals surface area (Å²) in [5, 5.41) is 11.1. The molecule has 0 saturated carbocycles. The summed E-state index contributed by atoms with van der Waals surface area (Å²) in [6.45, 7) is 5.99. The molecule has 0 saturated heterocycles. The van der Waals surface area contributed by atoms with E-state index < -0.39 is 10.8 Å². The van der Waals surface area contributed by atoms with Crippen LogP contribution in [0.25, 0.3) is 0 Å². The molecule has 8 nitrogen and oxygen atoms in total. The van der Waals surface area contributed by atoms with E-state index >= 15 is 0 Å². The molecular formula is C25H25N3O5. The van der Waals surface area contributed by atoms with E-state index in [1.807, 2.05) is 49.4 Å². The molecule has 3 rings (SSSR count). The Balaban J connectivity index is 1.82. The van der Waals surface area contributed by atoms with Crippen molar-refractivity contribution in [1.82, 2.24) is 9.80 Å². The van der Waals surface area contributed by atoms with Gasteiger partial charge in [-0.25, -0.2) is 0 Å². The largest absolute Gasteiger partial charge is 0.464 e. The van der Waals surface area contributed by atoms with Gasteiger partial charge in [-0.15, -0.1) is 6.58 Å². The maximum Gasteiger partial charge on any atom is 0.270 e. The number of carbonyl (C=O) groups excluding carboxylic acids is 2. The first-order valence-electron chi connectivity index (χ1n) is 10.4. The molecule has 170 valence electrons. The number of furan rings is 1. The number of hydrogen-bond acceptors (Lipinski definition) is 5. The van der Waals surface area contributed by atoms with Crippen LogP contribution in [0.4, 0.5) is 5.69 Å². The number of nitro benzene ring substituents is 1. The van der Waals surface area contributed by atoms with E-state index in [4.69, 9.17) is 4.42 Å². The SMILES string of the molecule is C=CCN(CC(=O)N(Cc1ccccc1)Cc1ccc(C)o1)C(=O)c1cccc([N+](=O)[O-])c1. The van der Waals surface area contributed by atoms with E-state index in [1.165, 1.54) is 35.2 Å². The van der Waals surface area contributed by atoms with Crippen molar-refractivity contribution in [2.45, 2.75) is 20.0 Å². The summed E-state index contributed by atoms with van der Waals surface area (Å²) in [6, 6.07) is 18.6. The van der Waals surface area contributed by atoms with E-state index in [-0.39, 0.29) is 36.8 Å². The van der Waals surface area contributed by atoms with Gasteiger partial charge < -0.3 is 14.2 Å². The van der Waals surface area contributed by atoms with Crippen molar-refractivity contribution < 1.29 is 18.9 Å². The Bertz CT molecular complexity index is 1140. The lowest BCUT2D eigenvalue weighted by Gasteiger charge is -2.27. The molecule has 0 unspecified atom stereocenters. The minimum atomic E-state index is -0.563. The lowest BCUT2D eigenvalue weighted by molar-refractivity contribution is -0.384. The van der Waals surface area contributed by atoms with Crippen LogP contribution in [-0.2, 0) is 17.9 Å². The van der Waals surface area contributed by atoms with Gasteiger partial charge in [0.25, 0.3) is 11.6 Å². The van der Waals surface area contributed by atoms with Crippen LogP contribution in [0.3, 0.4) is 0 Å². The fourth-order valence-corrected chi connectivity index (χ4v) is 3.37. The number of carbonyl (C=O) groups is 2. The zero-order chi connectivity index (χ0) is 23.8. The third kappa shape index (κ3) is 6.39. The Morgan fingerprint density at radius 2 is 1.79 bits per heavy atom. The maximum atomic E-state index is 13.3. The highest BCUT2D eigenvalue weighted by Gasteiger charge is 2.24. The number of rotatable bonds is 10. The summed E-state index contributed by atoms with van der Waals surface area (Å²) in [5.74, 6) is 0.609. The molecule has 2 amide bonds. The highest BCUT2D eigenvalue weighted by molar-refractivity contribution is 5.97. The first-order valence-corrected chi connectivity index (χ1v) is 10.4. The average Bonchev–Trinajstić information content (AvgIpc) is 3.23. The van der Waals surface area contributed by atoms with Crippen LogP contribution in [0.5, 0.6) is 0 Å². The van der Waals surface area contributed by atoms with Crippen LogP contribution < -0.4 is 0 Å². The Morgan fingerprint density at radius 1 is 1.03 bits per heavy atom. The minimum absolute atomic E-state index is 0.117. The molecule has 3 aromatic rings. The van der Waals surface area contributed by atoms with Crippen molar-refractivity contribution in [2.75, 3.05) is 13.1 Å². The van der Waals surface area contributed by atoms with Gasteiger partial charge >= 0.3 is 0 Å². The molecule has 0 aliphatic heterocycles. The molecule has 0 N–H and O–H groups in total. The monoisotopic (exact) mass is 447 g/mol. The number of amides is 2. The second kappa shape index (κ2) is 10.9. The quantitative estimate of drug-likeness (QED) is 0.261. The lowest BCUT2D eigenvalue weighted by atomic mass is 10.1. The van der Waals surface area contributed by atoms with E-state index in [1.54, 1.807) is 4.90 Å². The fourth-order valence-electron chi connectivity index (χ4n) is 3.37. The summed E-state index contributed by atoms with van der Waals surface area (Å²) in [6.07, 6.45) is 1.51. The van der Waals surface area contributed by atoms with Crippen LogP contribution in [0.1, 0.15) is 27.4 Å². The lowest BCUT2D eigenvalue weighted by Crippen LogP contribution is -2.42. The van der Waals surface area contributed by atoms with Gasteiger partial charge in [-0.2, -0.15) is 0 Å². The summed E-state index contributed by atoms with van der Waals surface area (Å²) < 4.78 is 5.65. The Hall–Kier alpha value is -4.20. The zero-order valence-electron chi connectivity index (χ0n) is 18.3. The van der Waals surface area contributed by atoms with Crippen LogP contribution in [0.15, 0.2) is 83.8 Å². The Morgan fingerprint density at radius 3 is 2.42 bits per heavy atom. The minimum Gasteiger partial charge on any atom is -0.464 e. The van der Waals surface area contributed by atoms with Crippen molar-refractivity contribution in [3.63, 3.8) is 0 Å². The normalized spacial score (nSPS) is 10.5. The van der Waals surface area contributed by atoms with E-state index in [0.717, 1.165) is 11.3 Å². The summed E-state index contributed by atoms with van der Waals surface area (Å²) in [5.41, 5.74) is 0.883. The summed E-state index contributed by atoms with van der Waals surface area (Å²) in [4.78, 5) is 39.8. The van der Waals surface area contributed by atoms with Gasteiger partial charge in [0.2, 0.25) is 5.91 Å². The van der Waals surface area contributed by atoms with Crippen molar-refractivity contribution in [2.24, 2.45) is 0 Å². The van der Waals surface area contributed by atoms with Crippen LogP contribution in [-0.4, -0.2) is 39.6 Å². The first-order chi connectivity index (χ1) is 15.9. The highest BCUT2D eigenvalue weighted by Crippen LogP contribution is 2.17. The van der Waals surface area contributed by atoms with Crippen molar-refractivity contribution in [1.29, 1.82) is 0 Å². The molecule has 0 radical (unpaired) electrons. The molecule has 0 fully saturated rings. The summed E-state index contributed by atoms with van der Waals surface area (Å²) >= 11 is 0. The van der Waals surface area contributed by atoms with Gasteiger partial charge in [0.1, 0.15) is 18.1 Å². The van der Waals surface area contributed by atoms with Gasteiger partial charge in [0, 0.05) is 30.8 Å². The van der Waals surface area contributed by atoms with Crippen LogP contribution in [0.2, 0.25) is 0 Å². The number of nitrogens with zero attached hydrogens (tertiary/aromatic N) is 3. The second-order valence-electron chi connectivity index (χ2n) is 7.53. The zero-order valence-corrected chi connectivity index (χ0v) is 18.3. The third-order valence-corrected chi connectivity index (χ3v) is 4.98. The van der Waals surface area contributed by atoms with E-state index in [9.17, 15) is 19.7 Å². The Kier molecular flexibility index (Phi) is 7.75. The summed E-state index contributed by atoms with van der Waals surface area (Å²) in [7, 11) is 0. The molecule has 0 atom stereocenters. The molecule has 0 spiro atoms. The molecule has 8 heteroatoms. The van der Waals surface area contributed by atoms with Gasteiger partial charge in [0.05, 0.1) is 11.5 Å². The van der Waals surface area contributed by atoms with E-state index in [2.05, 4.69) is 6.58 Å². The molecule has 1 heterocycles. The molecule has 0 bridgehead atoms. The number of benzene rings is 2. The van der Waals surface area contributed by atoms with Gasteiger partial charge in [0.15, 0.2) is 0 Å². The molecular weight excluding hydrogens is 422 g/mol. The molecule has 33 heavy (non-hydrogen) atoms. The average molecular weight is 447 g/mol. The predicted molar refractivity (Wildman–Crippen MR) is 123 cm³/mol. The van der Waals surface area contributed by atoms with Gasteiger partial charge in [-0.3, -0.25) is 19.7 Å². The Labute approximate surface area is 191 Å². The van der Waals surface area contributed by atoms with Crippen molar-refractivity contribution in [3.05, 3.63) is 112 Å². The third-order valence-electron chi connectivity index (χ3n) is 4.98. The van der Waals surface area contributed by atoms with Crippen LogP contribution >= 0.6 is 0 Å².